The van der Waals surface area contributed by atoms with E-state index < -0.39 is 0 Å². The fraction of sp³-hybridized carbons (Fsp3) is 0.273. The molecule has 0 fully saturated rings. The van der Waals surface area contributed by atoms with E-state index in [0.717, 1.165) is 24.1 Å². The lowest BCUT2D eigenvalue weighted by molar-refractivity contribution is 0.0947. The molecule has 3 rings (SSSR count). The highest BCUT2D eigenvalue weighted by Crippen LogP contribution is 2.18. The molecule has 0 spiro atoms. The molecule has 0 unspecified atom stereocenters. The number of rotatable bonds is 9. The number of carbonyl (C=O) groups excluding carboxylic acids is 1. The molecule has 150 valence electrons. The summed E-state index contributed by atoms with van der Waals surface area (Å²) in [4.78, 5) is 27.9. The Morgan fingerprint density at radius 3 is 2.62 bits per heavy atom. The molecular formula is C22H26N6O. The second-order valence-corrected chi connectivity index (χ2v) is 6.96. The van der Waals surface area contributed by atoms with E-state index in [0.29, 0.717) is 30.4 Å². The molecular weight excluding hydrogens is 364 g/mol. The largest absolute Gasteiger partial charge is 0.366 e. The van der Waals surface area contributed by atoms with E-state index in [1.165, 1.54) is 0 Å². The highest BCUT2D eigenvalue weighted by atomic mass is 16.1. The first-order chi connectivity index (χ1) is 14.1. The summed E-state index contributed by atoms with van der Waals surface area (Å²) < 4.78 is 0. The third-order valence-corrected chi connectivity index (χ3v) is 4.25. The molecule has 29 heavy (non-hydrogen) atoms. The minimum absolute atomic E-state index is 0.201. The molecule has 0 saturated heterocycles. The van der Waals surface area contributed by atoms with Crippen molar-refractivity contribution in [3.05, 3.63) is 72.2 Å². The van der Waals surface area contributed by atoms with Gasteiger partial charge in [-0.3, -0.25) is 9.78 Å². The van der Waals surface area contributed by atoms with Crippen LogP contribution in [-0.2, 0) is 6.54 Å². The van der Waals surface area contributed by atoms with Crippen LogP contribution in [0.25, 0.3) is 11.4 Å². The van der Waals surface area contributed by atoms with Gasteiger partial charge < -0.3 is 15.5 Å². The van der Waals surface area contributed by atoms with Gasteiger partial charge in [0.2, 0.25) is 0 Å². The van der Waals surface area contributed by atoms with Crippen LogP contribution in [0.4, 0.5) is 5.82 Å². The minimum Gasteiger partial charge on any atom is -0.366 e. The van der Waals surface area contributed by atoms with Crippen LogP contribution in [0.3, 0.4) is 0 Å². The lowest BCUT2D eigenvalue weighted by Crippen LogP contribution is -2.28. The van der Waals surface area contributed by atoms with Crippen molar-refractivity contribution in [3.63, 3.8) is 0 Å². The maximum atomic E-state index is 12.6. The van der Waals surface area contributed by atoms with E-state index in [9.17, 15) is 4.79 Å². The van der Waals surface area contributed by atoms with Crippen LogP contribution in [0.2, 0.25) is 0 Å². The smallest absolute Gasteiger partial charge is 0.270 e. The van der Waals surface area contributed by atoms with Gasteiger partial charge in [0.15, 0.2) is 5.82 Å². The van der Waals surface area contributed by atoms with Crippen LogP contribution < -0.4 is 10.6 Å². The number of carbonyl (C=O) groups is 1. The van der Waals surface area contributed by atoms with Gasteiger partial charge in [0, 0.05) is 37.1 Å². The fourth-order valence-corrected chi connectivity index (χ4v) is 2.75. The monoisotopic (exact) mass is 390 g/mol. The number of amides is 1. The maximum Gasteiger partial charge on any atom is 0.270 e. The number of aromatic nitrogens is 3. The fourth-order valence-electron chi connectivity index (χ4n) is 2.75. The standard InChI is InChI=1S/C22H26N6O/c1-28(2)13-7-12-24-22(29)19-14-20(25-16-17-8-6-11-23-15-17)27-21(26-19)18-9-4-3-5-10-18/h3-6,8-11,14-15H,7,12-13,16H2,1-2H3,(H,24,29)(H,25,26,27). The van der Waals surface area contributed by atoms with Crippen LogP contribution >= 0.6 is 0 Å². The summed E-state index contributed by atoms with van der Waals surface area (Å²) in [6.07, 6.45) is 4.41. The van der Waals surface area contributed by atoms with Gasteiger partial charge in [-0.25, -0.2) is 9.97 Å². The highest BCUT2D eigenvalue weighted by molar-refractivity contribution is 5.93. The Morgan fingerprint density at radius 2 is 1.90 bits per heavy atom. The summed E-state index contributed by atoms with van der Waals surface area (Å²) in [5.74, 6) is 0.911. The Bertz CT molecular complexity index is 915. The first kappa shape index (κ1) is 20.4. The molecule has 3 aromatic rings. The van der Waals surface area contributed by atoms with Crippen molar-refractivity contribution in [2.75, 3.05) is 32.5 Å². The van der Waals surface area contributed by atoms with Crippen molar-refractivity contribution in [1.82, 2.24) is 25.2 Å². The Labute approximate surface area is 171 Å². The Morgan fingerprint density at radius 1 is 1.07 bits per heavy atom. The minimum atomic E-state index is -0.201. The molecule has 0 aliphatic rings. The van der Waals surface area contributed by atoms with E-state index in [4.69, 9.17) is 0 Å². The summed E-state index contributed by atoms with van der Waals surface area (Å²) in [6, 6.07) is 15.2. The Balaban J connectivity index is 1.78. The van der Waals surface area contributed by atoms with Crippen molar-refractivity contribution in [3.8, 4) is 11.4 Å². The first-order valence-electron chi connectivity index (χ1n) is 9.62. The number of pyridine rings is 1. The number of nitrogens with one attached hydrogen (secondary N) is 2. The van der Waals surface area contributed by atoms with Crippen molar-refractivity contribution in [2.45, 2.75) is 13.0 Å². The molecule has 2 heterocycles. The van der Waals surface area contributed by atoms with Crippen molar-refractivity contribution in [1.29, 1.82) is 0 Å². The van der Waals surface area contributed by atoms with Crippen LogP contribution in [0.5, 0.6) is 0 Å². The molecule has 2 N–H and O–H groups in total. The molecule has 0 bridgehead atoms. The average molecular weight is 390 g/mol. The summed E-state index contributed by atoms with van der Waals surface area (Å²) in [7, 11) is 4.02. The van der Waals surface area contributed by atoms with E-state index in [1.54, 1.807) is 18.5 Å². The lowest BCUT2D eigenvalue weighted by atomic mass is 10.2. The van der Waals surface area contributed by atoms with Gasteiger partial charge in [-0.15, -0.1) is 0 Å². The third-order valence-electron chi connectivity index (χ3n) is 4.25. The summed E-state index contributed by atoms with van der Waals surface area (Å²) in [6.45, 7) is 2.07. The maximum absolute atomic E-state index is 12.6. The zero-order chi connectivity index (χ0) is 20.5. The Hall–Kier alpha value is -3.32. The van der Waals surface area contributed by atoms with Crippen LogP contribution in [0, 0.1) is 0 Å². The number of nitrogens with zero attached hydrogens (tertiary/aromatic N) is 4. The predicted molar refractivity (Wildman–Crippen MR) is 115 cm³/mol. The van der Waals surface area contributed by atoms with Gasteiger partial charge in [-0.2, -0.15) is 0 Å². The van der Waals surface area contributed by atoms with E-state index in [2.05, 4.69) is 30.5 Å². The van der Waals surface area contributed by atoms with Crippen molar-refractivity contribution < 1.29 is 4.79 Å². The quantitative estimate of drug-likeness (QED) is 0.547. The van der Waals surface area contributed by atoms with E-state index in [1.807, 2.05) is 56.6 Å². The molecule has 1 amide bonds. The van der Waals surface area contributed by atoms with E-state index in [-0.39, 0.29) is 5.91 Å². The van der Waals surface area contributed by atoms with Gasteiger partial charge in [-0.1, -0.05) is 36.4 Å². The topological polar surface area (TPSA) is 83.0 Å². The normalized spacial score (nSPS) is 10.7. The van der Waals surface area contributed by atoms with Gasteiger partial charge in [0.25, 0.3) is 5.91 Å². The number of anilines is 1. The summed E-state index contributed by atoms with van der Waals surface area (Å²) in [5, 5.41) is 6.21. The molecule has 7 heteroatoms. The molecule has 2 aromatic heterocycles. The Kier molecular flexibility index (Phi) is 7.24. The predicted octanol–water partition coefficient (Wildman–Crippen LogP) is 2.83. The molecule has 0 radical (unpaired) electrons. The number of benzene rings is 1. The highest BCUT2D eigenvalue weighted by Gasteiger charge is 2.13. The first-order valence-corrected chi connectivity index (χ1v) is 9.62. The zero-order valence-electron chi connectivity index (χ0n) is 16.8. The summed E-state index contributed by atoms with van der Waals surface area (Å²) >= 11 is 0. The van der Waals surface area contributed by atoms with Gasteiger partial charge in [0.05, 0.1) is 0 Å². The zero-order valence-corrected chi connectivity index (χ0v) is 16.8. The van der Waals surface area contributed by atoms with Crippen molar-refractivity contribution >= 4 is 11.7 Å². The van der Waals surface area contributed by atoms with Crippen LogP contribution in [0.1, 0.15) is 22.5 Å². The third kappa shape index (κ3) is 6.36. The number of hydrogen-bond donors (Lipinski definition) is 2. The molecule has 0 atom stereocenters. The summed E-state index contributed by atoms with van der Waals surface area (Å²) in [5.41, 5.74) is 2.23. The van der Waals surface area contributed by atoms with Crippen molar-refractivity contribution in [2.24, 2.45) is 0 Å². The second kappa shape index (κ2) is 10.3. The van der Waals surface area contributed by atoms with Gasteiger partial charge >= 0.3 is 0 Å². The van der Waals surface area contributed by atoms with Crippen LogP contribution in [-0.4, -0.2) is 52.9 Å². The van der Waals surface area contributed by atoms with Gasteiger partial charge in [-0.05, 0) is 38.7 Å². The van der Waals surface area contributed by atoms with E-state index >= 15 is 0 Å². The van der Waals surface area contributed by atoms with Crippen LogP contribution in [0.15, 0.2) is 60.9 Å². The van der Waals surface area contributed by atoms with Gasteiger partial charge in [0.1, 0.15) is 11.5 Å². The molecule has 0 aliphatic heterocycles. The number of hydrogen-bond acceptors (Lipinski definition) is 6. The molecule has 0 saturated carbocycles. The molecule has 0 aliphatic carbocycles. The second-order valence-electron chi connectivity index (χ2n) is 6.96. The SMILES string of the molecule is CN(C)CCCNC(=O)c1cc(NCc2cccnc2)nc(-c2ccccc2)n1. The lowest BCUT2D eigenvalue weighted by Gasteiger charge is -2.12. The average Bonchev–Trinajstić information content (AvgIpc) is 2.76. The molecule has 1 aromatic carbocycles. The molecule has 7 nitrogen and oxygen atoms in total.